The standard InChI is InChI=1S/C12H21N3S/c1-14-11-7-10(12-3-2-6-16-12)8-15(9-11)5-4-13/h2-3,6,10-11,14H,4-5,7-9,13H2,1H3. The van der Waals surface area contributed by atoms with Gasteiger partial charge in [0, 0.05) is 43.0 Å². The molecule has 0 bridgehead atoms. The summed E-state index contributed by atoms with van der Waals surface area (Å²) in [4.78, 5) is 4.00. The minimum Gasteiger partial charge on any atom is -0.329 e. The van der Waals surface area contributed by atoms with E-state index in [2.05, 4.69) is 34.8 Å². The molecule has 1 aliphatic rings. The van der Waals surface area contributed by atoms with Gasteiger partial charge in [-0.3, -0.25) is 4.90 Å². The molecule has 3 N–H and O–H groups in total. The third-order valence-corrected chi connectivity index (χ3v) is 4.36. The second kappa shape index (κ2) is 5.77. The van der Waals surface area contributed by atoms with Crippen molar-refractivity contribution in [1.82, 2.24) is 10.2 Å². The smallest absolute Gasteiger partial charge is 0.0198 e. The number of piperidine rings is 1. The molecule has 0 aromatic carbocycles. The van der Waals surface area contributed by atoms with Crippen molar-refractivity contribution in [3.63, 3.8) is 0 Å². The molecule has 1 aromatic rings. The quantitative estimate of drug-likeness (QED) is 0.826. The van der Waals surface area contributed by atoms with Crippen LogP contribution in [-0.4, -0.2) is 44.2 Å². The summed E-state index contributed by atoms with van der Waals surface area (Å²) in [6, 6.07) is 5.01. The van der Waals surface area contributed by atoms with Gasteiger partial charge in [0.25, 0.3) is 0 Å². The van der Waals surface area contributed by atoms with E-state index < -0.39 is 0 Å². The average molecular weight is 239 g/mol. The summed E-state index contributed by atoms with van der Waals surface area (Å²) in [5, 5.41) is 5.58. The Kier molecular flexibility index (Phi) is 4.35. The summed E-state index contributed by atoms with van der Waals surface area (Å²) < 4.78 is 0. The van der Waals surface area contributed by atoms with Crippen LogP contribution in [0.2, 0.25) is 0 Å². The molecule has 2 rings (SSSR count). The normalized spacial score (nSPS) is 27.1. The van der Waals surface area contributed by atoms with Crippen molar-refractivity contribution in [2.75, 3.05) is 33.2 Å². The predicted octanol–water partition coefficient (Wildman–Crippen LogP) is 1.08. The lowest BCUT2D eigenvalue weighted by molar-refractivity contribution is 0.181. The molecule has 0 spiro atoms. The molecule has 3 nitrogen and oxygen atoms in total. The molecule has 0 amide bonds. The summed E-state index contributed by atoms with van der Waals surface area (Å²) in [6.07, 6.45) is 1.25. The third-order valence-electron chi connectivity index (χ3n) is 3.33. The number of nitrogens with zero attached hydrogens (tertiary/aromatic N) is 1. The van der Waals surface area contributed by atoms with E-state index in [0.717, 1.165) is 26.2 Å². The molecule has 1 aliphatic heterocycles. The highest BCUT2D eigenvalue weighted by Gasteiger charge is 2.27. The van der Waals surface area contributed by atoms with E-state index in [1.165, 1.54) is 11.3 Å². The zero-order valence-corrected chi connectivity index (χ0v) is 10.7. The van der Waals surface area contributed by atoms with Crippen LogP contribution in [-0.2, 0) is 0 Å². The van der Waals surface area contributed by atoms with Gasteiger partial charge < -0.3 is 11.1 Å². The van der Waals surface area contributed by atoms with Crippen LogP contribution in [0.15, 0.2) is 17.5 Å². The summed E-state index contributed by atoms with van der Waals surface area (Å²) in [7, 11) is 2.06. The Labute approximate surface area is 102 Å². The Morgan fingerprint density at radius 1 is 1.56 bits per heavy atom. The van der Waals surface area contributed by atoms with E-state index in [1.807, 2.05) is 11.3 Å². The van der Waals surface area contributed by atoms with Crippen LogP contribution in [0.1, 0.15) is 17.2 Å². The first kappa shape index (κ1) is 12.0. The SMILES string of the molecule is CNC1CC(c2cccs2)CN(CCN)C1. The number of likely N-dealkylation sites (N-methyl/N-ethyl adjacent to an activating group) is 1. The van der Waals surface area contributed by atoms with Crippen LogP contribution in [0.4, 0.5) is 0 Å². The second-order valence-electron chi connectivity index (χ2n) is 4.48. The summed E-state index contributed by atoms with van der Waals surface area (Å²) >= 11 is 1.88. The molecular weight excluding hydrogens is 218 g/mol. The van der Waals surface area contributed by atoms with Crippen molar-refractivity contribution >= 4 is 11.3 Å². The van der Waals surface area contributed by atoms with Gasteiger partial charge in [-0.25, -0.2) is 0 Å². The van der Waals surface area contributed by atoms with Crippen LogP contribution in [0.5, 0.6) is 0 Å². The molecule has 90 valence electrons. The Bertz CT molecular complexity index is 299. The first-order chi connectivity index (χ1) is 7.83. The lowest BCUT2D eigenvalue weighted by atomic mass is 9.93. The molecule has 16 heavy (non-hydrogen) atoms. The van der Waals surface area contributed by atoms with Gasteiger partial charge in [-0.15, -0.1) is 11.3 Å². The van der Waals surface area contributed by atoms with Gasteiger partial charge in [0.15, 0.2) is 0 Å². The maximum Gasteiger partial charge on any atom is 0.0198 e. The van der Waals surface area contributed by atoms with Crippen molar-refractivity contribution in [3.8, 4) is 0 Å². The Morgan fingerprint density at radius 3 is 3.06 bits per heavy atom. The summed E-state index contributed by atoms with van der Waals surface area (Å²) in [5.41, 5.74) is 5.65. The van der Waals surface area contributed by atoms with Crippen molar-refractivity contribution in [2.45, 2.75) is 18.4 Å². The maximum absolute atomic E-state index is 5.65. The highest BCUT2D eigenvalue weighted by atomic mass is 32.1. The second-order valence-corrected chi connectivity index (χ2v) is 5.46. The number of hydrogen-bond acceptors (Lipinski definition) is 4. The van der Waals surface area contributed by atoms with Crippen LogP contribution >= 0.6 is 11.3 Å². The van der Waals surface area contributed by atoms with E-state index in [0.29, 0.717) is 12.0 Å². The zero-order chi connectivity index (χ0) is 11.4. The van der Waals surface area contributed by atoms with Crippen LogP contribution < -0.4 is 11.1 Å². The number of likely N-dealkylation sites (tertiary alicyclic amines) is 1. The van der Waals surface area contributed by atoms with E-state index in [-0.39, 0.29) is 0 Å². The monoisotopic (exact) mass is 239 g/mol. The third kappa shape index (κ3) is 2.83. The molecule has 1 aromatic heterocycles. The molecule has 1 fully saturated rings. The molecule has 2 unspecified atom stereocenters. The molecule has 2 heterocycles. The summed E-state index contributed by atoms with van der Waals surface area (Å²) in [6.45, 7) is 4.07. The Hall–Kier alpha value is -0.420. The number of hydrogen-bond donors (Lipinski definition) is 2. The fraction of sp³-hybridized carbons (Fsp3) is 0.667. The highest BCUT2D eigenvalue weighted by molar-refractivity contribution is 7.10. The molecule has 4 heteroatoms. The van der Waals surface area contributed by atoms with Gasteiger partial charge in [0.05, 0.1) is 0 Å². The number of thiophene rings is 1. The van der Waals surface area contributed by atoms with E-state index in [4.69, 9.17) is 5.73 Å². The molecule has 0 saturated carbocycles. The van der Waals surface area contributed by atoms with Crippen molar-refractivity contribution < 1.29 is 0 Å². The predicted molar refractivity (Wildman–Crippen MR) is 70.0 cm³/mol. The minimum atomic E-state index is 0.604. The largest absolute Gasteiger partial charge is 0.329 e. The minimum absolute atomic E-state index is 0.604. The number of nitrogens with two attached hydrogens (primary N) is 1. The number of rotatable bonds is 4. The lowest BCUT2D eigenvalue weighted by Crippen LogP contribution is -2.48. The highest BCUT2D eigenvalue weighted by Crippen LogP contribution is 2.29. The van der Waals surface area contributed by atoms with Gasteiger partial charge in [0.1, 0.15) is 0 Å². The molecular formula is C12H21N3S. The van der Waals surface area contributed by atoms with Crippen molar-refractivity contribution in [1.29, 1.82) is 0 Å². The van der Waals surface area contributed by atoms with Gasteiger partial charge in [-0.2, -0.15) is 0 Å². The van der Waals surface area contributed by atoms with Gasteiger partial charge in [-0.05, 0) is 24.9 Å². The van der Waals surface area contributed by atoms with E-state index in [9.17, 15) is 0 Å². The van der Waals surface area contributed by atoms with Gasteiger partial charge >= 0.3 is 0 Å². The van der Waals surface area contributed by atoms with Crippen LogP contribution in [0.25, 0.3) is 0 Å². The first-order valence-corrected chi connectivity index (χ1v) is 6.84. The fourth-order valence-electron chi connectivity index (χ4n) is 2.49. The lowest BCUT2D eigenvalue weighted by Gasteiger charge is -2.37. The van der Waals surface area contributed by atoms with Crippen LogP contribution in [0, 0.1) is 0 Å². The topological polar surface area (TPSA) is 41.3 Å². The molecule has 0 radical (unpaired) electrons. The Morgan fingerprint density at radius 2 is 2.44 bits per heavy atom. The fourth-order valence-corrected chi connectivity index (χ4v) is 3.33. The number of nitrogens with one attached hydrogen (secondary N) is 1. The van der Waals surface area contributed by atoms with Crippen molar-refractivity contribution in [2.24, 2.45) is 5.73 Å². The van der Waals surface area contributed by atoms with Gasteiger partial charge in [0.2, 0.25) is 0 Å². The summed E-state index contributed by atoms with van der Waals surface area (Å²) in [5.74, 6) is 0.678. The average Bonchev–Trinajstić information content (AvgIpc) is 2.82. The van der Waals surface area contributed by atoms with E-state index in [1.54, 1.807) is 0 Å². The molecule has 1 saturated heterocycles. The molecule has 0 aliphatic carbocycles. The van der Waals surface area contributed by atoms with Crippen LogP contribution in [0.3, 0.4) is 0 Å². The van der Waals surface area contributed by atoms with E-state index >= 15 is 0 Å². The molecule has 2 atom stereocenters. The zero-order valence-electron chi connectivity index (χ0n) is 9.86. The van der Waals surface area contributed by atoms with Crippen molar-refractivity contribution in [3.05, 3.63) is 22.4 Å². The first-order valence-electron chi connectivity index (χ1n) is 5.96. The van der Waals surface area contributed by atoms with Gasteiger partial charge in [-0.1, -0.05) is 6.07 Å². The maximum atomic E-state index is 5.65. The Balaban J connectivity index is 2.02.